The average Bonchev–Trinajstić information content (AvgIpc) is 2.50. The van der Waals surface area contributed by atoms with Crippen LogP contribution in [-0.2, 0) is 12.8 Å². The van der Waals surface area contributed by atoms with E-state index in [0.29, 0.717) is 11.4 Å². The Morgan fingerprint density at radius 3 is 2.76 bits per heavy atom. The van der Waals surface area contributed by atoms with E-state index >= 15 is 0 Å². The predicted octanol–water partition coefficient (Wildman–Crippen LogP) is 3.90. The molecule has 0 atom stereocenters. The summed E-state index contributed by atoms with van der Waals surface area (Å²) in [5.41, 5.74) is 3.90. The zero-order valence-corrected chi connectivity index (χ0v) is 12.5. The molecule has 0 unspecified atom stereocenters. The van der Waals surface area contributed by atoms with Gasteiger partial charge in [-0.25, -0.2) is 14.4 Å². The molecular weight excluding hydrogens is 265 g/mol. The number of hydrogen-bond acceptors (Lipinski definition) is 3. The van der Waals surface area contributed by atoms with Crippen LogP contribution in [0.1, 0.15) is 36.6 Å². The maximum atomic E-state index is 13.4. The first-order valence-corrected chi connectivity index (χ1v) is 7.59. The Hall–Kier alpha value is -1.97. The first-order valence-electron chi connectivity index (χ1n) is 7.59. The lowest BCUT2D eigenvalue weighted by atomic mass is 9.96. The van der Waals surface area contributed by atoms with Crippen molar-refractivity contribution in [2.75, 3.05) is 11.9 Å². The van der Waals surface area contributed by atoms with Crippen LogP contribution in [0.5, 0.6) is 0 Å². The maximum Gasteiger partial charge on any atom is 0.161 e. The van der Waals surface area contributed by atoms with Crippen molar-refractivity contribution in [3.05, 3.63) is 40.8 Å². The van der Waals surface area contributed by atoms with Crippen molar-refractivity contribution < 1.29 is 4.39 Å². The molecule has 0 bridgehead atoms. The molecular formula is C17H20FN3. The highest BCUT2D eigenvalue weighted by Gasteiger charge is 2.18. The van der Waals surface area contributed by atoms with Gasteiger partial charge in [0, 0.05) is 23.4 Å². The Bertz CT molecular complexity index is 667. The van der Waals surface area contributed by atoms with Gasteiger partial charge in [-0.05, 0) is 63.3 Å². The highest BCUT2D eigenvalue weighted by atomic mass is 19.1. The fourth-order valence-corrected chi connectivity index (χ4v) is 2.82. The Kier molecular flexibility index (Phi) is 3.86. The molecule has 3 rings (SSSR count). The van der Waals surface area contributed by atoms with Gasteiger partial charge in [-0.15, -0.1) is 0 Å². The Morgan fingerprint density at radius 2 is 2.00 bits per heavy atom. The second-order valence-electron chi connectivity index (χ2n) is 5.52. The summed E-state index contributed by atoms with van der Waals surface area (Å²) < 4.78 is 13.4. The molecule has 21 heavy (non-hydrogen) atoms. The average molecular weight is 285 g/mol. The number of hydrogen-bond donors (Lipinski definition) is 1. The molecule has 0 saturated carbocycles. The smallest absolute Gasteiger partial charge is 0.161 e. The van der Waals surface area contributed by atoms with Gasteiger partial charge in [-0.1, -0.05) is 0 Å². The highest BCUT2D eigenvalue weighted by molar-refractivity contribution is 5.61. The summed E-state index contributed by atoms with van der Waals surface area (Å²) in [5.74, 6) is 1.44. The third kappa shape index (κ3) is 2.75. The zero-order chi connectivity index (χ0) is 14.8. The van der Waals surface area contributed by atoms with E-state index in [9.17, 15) is 4.39 Å². The molecule has 1 N–H and O–H groups in total. The van der Waals surface area contributed by atoms with Gasteiger partial charge in [0.25, 0.3) is 0 Å². The summed E-state index contributed by atoms with van der Waals surface area (Å²) in [6.07, 6.45) is 4.42. The van der Waals surface area contributed by atoms with E-state index < -0.39 is 0 Å². The van der Waals surface area contributed by atoms with Crippen LogP contribution in [0.4, 0.5) is 10.2 Å². The molecule has 3 nitrogen and oxygen atoms in total. The van der Waals surface area contributed by atoms with Gasteiger partial charge < -0.3 is 5.32 Å². The SMILES string of the molecule is CCNc1nc(-c2ccc(F)c(C)c2)nc2c1CCCC2. The minimum Gasteiger partial charge on any atom is -0.370 e. The molecule has 0 fully saturated rings. The molecule has 0 amide bonds. The summed E-state index contributed by atoms with van der Waals surface area (Å²) in [4.78, 5) is 9.40. The molecule has 1 aromatic carbocycles. The molecule has 0 aliphatic heterocycles. The summed E-state index contributed by atoms with van der Waals surface area (Å²) in [5, 5.41) is 3.35. The van der Waals surface area contributed by atoms with Crippen LogP contribution in [-0.4, -0.2) is 16.5 Å². The van der Waals surface area contributed by atoms with Gasteiger partial charge in [0.05, 0.1) is 0 Å². The second-order valence-corrected chi connectivity index (χ2v) is 5.52. The molecule has 0 radical (unpaired) electrons. The first kappa shape index (κ1) is 14.0. The van der Waals surface area contributed by atoms with Crippen molar-refractivity contribution in [3.63, 3.8) is 0 Å². The van der Waals surface area contributed by atoms with Gasteiger partial charge in [0.2, 0.25) is 0 Å². The number of fused-ring (bicyclic) bond motifs is 1. The van der Waals surface area contributed by atoms with E-state index in [4.69, 9.17) is 4.98 Å². The lowest BCUT2D eigenvalue weighted by Crippen LogP contribution is -2.13. The van der Waals surface area contributed by atoms with E-state index in [-0.39, 0.29) is 5.82 Å². The van der Waals surface area contributed by atoms with Crippen LogP contribution in [0.25, 0.3) is 11.4 Å². The van der Waals surface area contributed by atoms with Crippen LogP contribution < -0.4 is 5.32 Å². The van der Waals surface area contributed by atoms with Crippen molar-refractivity contribution in [2.24, 2.45) is 0 Å². The van der Waals surface area contributed by atoms with Gasteiger partial charge in [-0.2, -0.15) is 0 Å². The Balaban J connectivity index is 2.09. The largest absolute Gasteiger partial charge is 0.370 e. The Labute approximate surface area is 124 Å². The molecule has 0 saturated heterocycles. The molecule has 1 aliphatic rings. The number of aryl methyl sites for hydroxylation is 2. The number of rotatable bonds is 3. The van der Waals surface area contributed by atoms with Gasteiger partial charge in [-0.3, -0.25) is 0 Å². The van der Waals surface area contributed by atoms with Crippen molar-refractivity contribution >= 4 is 5.82 Å². The number of halogens is 1. The first-order chi connectivity index (χ1) is 10.2. The summed E-state index contributed by atoms with van der Waals surface area (Å²) in [6, 6.07) is 5.05. The van der Waals surface area contributed by atoms with Crippen molar-refractivity contribution in [1.82, 2.24) is 9.97 Å². The molecule has 1 heterocycles. The number of nitrogens with one attached hydrogen (secondary N) is 1. The number of benzene rings is 1. The molecule has 2 aromatic rings. The molecule has 4 heteroatoms. The van der Waals surface area contributed by atoms with Gasteiger partial charge in [0.15, 0.2) is 5.82 Å². The van der Waals surface area contributed by atoms with Gasteiger partial charge in [0.1, 0.15) is 11.6 Å². The predicted molar refractivity (Wildman–Crippen MR) is 83.0 cm³/mol. The van der Waals surface area contributed by atoms with Crippen LogP contribution in [0.3, 0.4) is 0 Å². The van der Waals surface area contributed by atoms with E-state index in [1.165, 1.54) is 24.5 Å². The third-order valence-electron chi connectivity index (χ3n) is 3.94. The summed E-state index contributed by atoms with van der Waals surface area (Å²) >= 11 is 0. The summed E-state index contributed by atoms with van der Waals surface area (Å²) in [6.45, 7) is 4.67. The molecule has 0 spiro atoms. The van der Waals surface area contributed by atoms with Crippen LogP contribution in [0.15, 0.2) is 18.2 Å². The minimum atomic E-state index is -0.191. The topological polar surface area (TPSA) is 37.8 Å². The Morgan fingerprint density at radius 1 is 1.19 bits per heavy atom. The fourth-order valence-electron chi connectivity index (χ4n) is 2.82. The van der Waals surface area contributed by atoms with Crippen molar-refractivity contribution in [1.29, 1.82) is 0 Å². The molecule has 110 valence electrons. The van der Waals surface area contributed by atoms with Gasteiger partial charge >= 0.3 is 0 Å². The van der Waals surface area contributed by atoms with Crippen molar-refractivity contribution in [2.45, 2.75) is 39.5 Å². The third-order valence-corrected chi connectivity index (χ3v) is 3.94. The highest BCUT2D eigenvalue weighted by Crippen LogP contribution is 2.28. The summed E-state index contributed by atoms with van der Waals surface area (Å²) in [7, 11) is 0. The zero-order valence-electron chi connectivity index (χ0n) is 12.5. The normalized spacial score (nSPS) is 13.9. The number of nitrogens with zero attached hydrogens (tertiary/aromatic N) is 2. The minimum absolute atomic E-state index is 0.191. The lowest BCUT2D eigenvalue weighted by molar-refractivity contribution is 0.618. The van der Waals surface area contributed by atoms with E-state index in [1.54, 1.807) is 13.0 Å². The van der Waals surface area contributed by atoms with E-state index in [2.05, 4.69) is 17.2 Å². The van der Waals surface area contributed by atoms with Crippen molar-refractivity contribution in [3.8, 4) is 11.4 Å². The quantitative estimate of drug-likeness (QED) is 0.929. The molecule has 1 aromatic heterocycles. The lowest BCUT2D eigenvalue weighted by Gasteiger charge is -2.19. The standard InChI is InChI=1S/C17H20FN3/c1-3-19-17-13-6-4-5-7-15(13)20-16(21-17)12-8-9-14(18)11(2)10-12/h8-10H,3-7H2,1-2H3,(H,19,20,21). The molecule has 1 aliphatic carbocycles. The van der Waals surface area contributed by atoms with Crippen LogP contribution in [0.2, 0.25) is 0 Å². The van der Waals surface area contributed by atoms with E-state index in [0.717, 1.165) is 36.5 Å². The van der Waals surface area contributed by atoms with E-state index in [1.807, 2.05) is 6.07 Å². The maximum absolute atomic E-state index is 13.4. The number of anilines is 1. The second kappa shape index (κ2) is 5.80. The number of aromatic nitrogens is 2. The van der Waals surface area contributed by atoms with Crippen LogP contribution in [0, 0.1) is 12.7 Å². The van der Waals surface area contributed by atoms with Crippen LogP contribution >= 0.6 is 0 Å². The monoisotopic (exact) mass is 285 g/mol. The fraction of sp³-hybridized carbons (Fsp3) is 0.412.